The average Bonchev–Trinajstić information content (AvgIpc) is 2.99. The van der Waals surface area contributed by atoms with E-state index in [4.69, 9.17) is 0 Å². The molecule has 0 spiro atoms. The zero-order valence-electron chi connectivity index (χ0n) is 9.66. The SMILES string of the molecule is CCC(NC)c1nnc(C(C)C2CC2)s1. The van der Waals surface area contributed by atoms with E-state index in [0.717, 1.165) is 17.3 Å². The molecule has 4 heteroatoms. The summed E-state index contributed by atoms with van der Waals surface area (Å²) in [5.41, 5.74) is 0. The zero-order chi connectivity index (χ0) is 10.8. The Labute approximate surface area is 95.3 Å². The maximum absolute atomic E-state index is 4.32. The minimum absolute atomic E-state index is 0.377. The molecule has 1 aromatic rings. The first-order valence-corrected chi connectivity index (χ1v) is 6.58. The van der Waals surface area contributed by atoms with Crippen LogP contribution in [0.25, 0.3) is 0 Å². The summed E-state index contributed by atoms with van der Waals surface area (Å²) in [5, 5.41) is 14.3. The third kappa shape index (κ3) is 2.37. The Balaban J connectivity index is 2.08. The number of nitrogens with zero attached hydrogens (tertiary/aromatic N) is 2. The van der Waals surface area contributed by atoms with Gasteiger partial charge in [-0.2, -0.15) is 0 Å². The molecule has 1 aliphatic carbocycles. The van der Waals surface area contributed by atoms with Crippen LogP contribution in [-0.4, -0.2) is 17.2 Å². The van der Waals surface area contributed by atoms with Crippen molar-refractivity contribution in [2.75, 3.05) is 7.05 Å². The molecule has 1 aliphatic rings. The molecular weight excluding hydrogens is 206 g/mol. The molecule has 3 nitrogen and oxygen atoms in total. The smallest absolute Gasteiger partial charge is 0.134 e. The molecule has 1 saturated carbocycles. The molecule has 2 unspecified atom stereocenters. The summed E-state index contributed by atoms with van der Waals surface area (Å²) >= 11 is 1.78. The van der Waals surface area contributed by atoms with Crippen LogP contribution in [0.3, 0.4) is 0 Å². The highest BCUT2D eigenvalue weighted by molar-refractivity contribution is 7.11. The topological polar surface area (TPSA) is 37.8 Å². The van der Waals surface area contributed by atoms with Crippen LogP contribution in [0, 0.1) is 5.92 Å². The van der Waals surface area contributed by atoms with Crippen molar-refractivity contribution >= 4 is 11.3 Å². The third-order valence-corrected chi connectivity index (χ3v) is 4.47. The zero-order valence-corrected chi connectivity index (χ0v) is 10.5. The van der Waals surface area contributed by atoms with Gasteiger partial charge in [0.15, 0.2) is 0 Å². The lowest BCUT2D eigenvalue weighted by molar-refractivity contribution is 0.567. The normalized spacial score (nSPS) is 20.2. The molecule has 2 rings (SSSR count). The minimum atomic E-state index is 0.377. The Hall–Kier alpha value is -0.480. The molecule has 84 valence electrons. The van der Waals surface area contributed by atoms with Crippen molar-refractivity contribution in [2.45, 2.75) is 45.1 Å². The van der Waals surface area contributed by atoms with Crippen molar-refractivity contribution in [1.82, 2.24) is 15.5 Å². The monoisotopic (exact) mass is 225 g/mol. The van der Waals surface area contributed by atoms with Gasteiger partial charge in [0, 0.05) is 5.92 Å². The highest BCUT2D eigenvalue weighted by atomic mass is 32.1. The molecule has 2 atom stereocenters. The van der Waals surface area contributed by atoms with Crippen LogP contribution >= 0.6 is 11.3 Å². The van der Waals surface area contributed by atoms with Crippen LogP contribution in [0.15, 0.2) is 0 Å². The fourth-order valence-corrected chi connectivity index (χ4v) is 3.05. The highest BCUT2D eigenvalue weighted by Crippen LogP contribution is 2.43. The van der Waals surface area contributed by atoms with Gasteiger partial charge in [0.2, 0.25) is 0 Å². The van der Waals surface area contributed by atoms with E-state index in [1.54, 1.807) is 11.3 Å². The van der Waals surface area contributed by atoms with E-state index >= 15 is 0 Å². The maximum atomic E-state index is 4.32. The van der Waals surface area contributed by atoms with Crippen molar-refractivity contribution in [3.05, 3.63) is 10.0 Å². The fraction of sp³-hybridized carbons (Fsp3) is 0.818. The number of nitrogens with one attached hydrogen (secondary N) is 1. The van der Waals surface area contributed by atoms with Gasteiger partial charge in [0.05, 0.1) is 6.04 Å². The summed E-state index contributed by atoms with van der Waals surface area (Å²) in [4.78, 5) is 0. The first-order valence-electron chi connectivity index (χ1n) is 5.76. The summed E-state index contributed by atoms with van der Waals surface area (Å²) in [6.07, 6.45) is 3.82. The van der Waals surface area contributed by atoms with Gasteiger partial charge in [-0.3, -0.25) is 0 Å². The van der Waals surface area contributed by atoms with Crippen molar-refractivity contribution in [3.8, 4) is 0 Å². The van der Waals surface area contributed by atoms with Gasteiger partial charge in [-0.15, -0.1) is 10.2 Å². The van der Waals surface area contributed by atoms with Crippen LogP contribution in [-0.2, 0) is 0 Å². The Morgan fingerprint density at radius 1 is 1.40 bits per heavy atom. The van der Waals surface area contributed by atoms with E-state index in [-0.39, 0.29) is 0 Å². The third-order valence-electron chi connectivity index (χ3n) is 3.23. The Bertz CT molecular complexity index is 299. The first-order chi connectivity index (χ1) is 7.26. The summed E-state index contributed by atoms with van der Waals surface area (Å²) in [6, 6.07) is 0.377. The van der Waals surface area contributed by atoms with Crippen molar-refractivity contribution in [2.24, 2.45) is 5.92 Å². The second kappa shape index (κ2) is 4.58. The van der Waals surface area contributed by atoms with Crippen LogP contribution < -0.4 is 5.32 Å². The second-order valence-electron chi connectivity index (χ2n) is 4.35. The molecule has 1 heterocycles. The van der Waals surface area contributed by atoms with Gasteiger partial charge in [0.25, 0.3) is 0 Å². The average molecular weight is 225 g/mol. The van der Waals surface area contributed by atoms with Crippen LogP contribution in [0.2, 0.25) is 0 Å². The predicted molar refractivity (Wildman–Crippen MR) is 63.1 cm³/mol. The van der Waals surface area contributed by atoms with E-state index < -0.39 is 0 Å². The Morgan fingerprint density at radius 2 is 2.07 bits per heavy atom. The first kappa shape index (κ1) is 11.0. The Kier molecular flexibility index (Phi) is 3.36. The fourth-order valence-electron chi connectivity index (χ4n) is 1.87. The molecule has 0 bridgehead atoms. The van der Waals surface area contributed by atoms with E-state index in [0.29, 0.717) is 12.0 Å². The summed E-state index contributed by atoms with van der Waals surface area (Å²) < 4.78 is 0. The molecule has 0 saturated heterocycles. The van der Waals surface area contributed by atoms with Gasteiger partial charge in [-0.1, -0.05) is 25.2 Å². The van der Waals surface area contributed by atoms with Crippen LogP contribution in [0.5, 0.6) is 0 Å². The van der Waals surface area contributed by atoms with Crippen LogP contribution in [0.1, 0.15) is 55.1 Å². The van der Waals surface area contributed by atoms with E-state index in [1.807, 2.05) is 7.05 Å². The minimum Gasteiger partial charge on any atom is -0.311 e. The van der Waals surface area contributed by atoms with Gasteiger partial charge < -0.3 is 5.32 Å². The molecule has 1 N–H and O–H groups in total. The summed E-state index contributed by atoms with van der Waals surface area (Å²) in [6.45, 7) is 4.45. The molecule has 0 aromatic carbocycles. The van der Waals surface area contributed by atoms with Crippen LogP contribution in [0.4, 0.5) is 0 Å². The van der Waals surface area contributed by atoms with E-state index in [1.165, 1.54) is 17.8 Å². The number of rotatable bonds is 5. The molecule has 0 aliphatic heterocycles. The van der Waals surface area contributed by atoms with E-state index in [2.05, 4.69) is 29.4 Å². The lowest BCUT2D eigenvalue weighted by Gasteiger charge is -2.08. The number of hydrogen-bond donors (Lipinski definition) is 1. The van der Waals surface area contributed by atoms with Crippen molar-refractivity contribution in [3.63, 3.8) is 0 Å². The lowest BCUT2D eigenvalue weighted by Crippen LogP contribution is -2.14. The van der Waals surface area contributed by atoms with E-state index in [9.17, 15) is 0 Å². The van der Waals surface area contributed by atoms with Crippen molar-refractivity contribution < 1.29 is 0 Å². The molecule has 0 radical (unpaired) electrons. The lowest BCUT2D eigenvalue weighted by atomic mass is 10.1. The van der Waals surface area contributed by atoms with Gasteiger partial charge in [-0.05, 0) is 32.2 Å². The largest absolute Gasteiger partial charge is 0.311 e. The van der Waals surface area contributed by atoms with Gasteiger partial charge >= 0.3 is 0 Å². The van der Waals surface area contributed by atoms with Gasteiger partial charge in [-0.25, -0.2) is 0 Å². The molecule has 0 amide bonds. The molecule has 15 heavy (non-hydrogen) atoms. The standard InChI is InChI=1S/C11H19N3S/c1-4-9(12-3)11-14-13-10(15-11)7(2)8-5-6-8/h7-9,12H,4-6H2,1-3H3. The molecule has 1 fully saturated rings. The maximum Gasteiger partial charge on any atom is 0.134 e. The summed E-state index contributed by atoms with van der Waals surface area (Å²) in [7, 11) is 1.99. The Morgan fingerprint density at radius 3 is 2.60 bits per heavy atom. The quantitative estimate of drug-likeness (QED) is 0.837. The number of aromatic nitrogens is 2. The highest BCUT2D eigenvalue weighted by Gasteiger charge is 2.31. The van der Waals surface area contributed by atoms with Crippen molar-refractivity contribution in [1.29, 1.82) is 0 Å². The second-order valence-corrected chi connectivity index (χ2v) is 5.39. The number of hydrogen-bond acceptors (Lipinski definition) is 4. The molecule has 1 aromatic heterocycles. The van der Waals surface area contributed by atoms with Gasteiger partial charge in [0.1, 0.15) is 10.0 Å². The molecular formula is C11H19N3S. The predicted octanol–water partition coefficient (Wildman–Crippen LogP) is 2.72. The summed E-state index contributed by atoms with van der Waals surface area (Å²) in [5.74, 6) is 1.49.